The number of benzene rings is 1. The number of aromatic nitrogens is 2. The molecule has 20 heavy (non-hydrogen) atoms. The van der Waals surface area contributed by atoms with E-state index < -0.39 is 0 Å². The molecule has 0 unspecified atom stereocenters. The molecule has 0 aliphatic rings. The minimum Gasteiger partial charge on any atom is -0.380 e. The molecule has 0 bridgehead atoms. The van der Waals surface area contributed by atoms with Gasteiger partial charge < -0.3 is 10.1 Å². The summed E-state index contributed by atoms with van der Waals surface area (Å²) in [6.07, 6.45) is 0.713. The first-order valence-electron chi connectivity index (χ1n) is 6.40. The van der Waals surface area contributed by atoms with E-state index in [0.717, 1.165) is 28.4 Å². The van der Waals surface area contributed by atoms with Gasteiger partial charge >= 0.3 is 0 Å². The van der Waals surface area contributed by atoms with Gasteiger partial charge in [0, 0.05) is 13.7 Å². The van der Waals surface area contributed by atoms with Gasteiger partial charge in [-0.15, -0.1) is 5.10 Å². The van der Waals surface area contributed by atoms with E-state index in [4.69, 9.17) is 4.74 Å². The van der Waals surface area contributed by atoms with Gasteiger partial charge in [0.25, 0.3) is 5.91 Å². The fourth-order valence-electron chi connectivity index (χ4n) is 1.80. The minimum atomic E-state index is -0.113. The third-order valence-electron chi connectivity index (χ3n) is 2.88. The van der Waals surface area contributed by atoms with E-state index in [1.54, 1.807) is 7.11 Å². The number of hydrogen-bond acceptors (Lipinski definition) is 5. The molecule has 1 N–H and O–H groups in total. The summed E-state index contributed by atoms with van der Waals surface area (Å²) in [6, 6.07) is 7.97. The Morgan fingerprint density at radius 1 is 1.30 bits per heavy atom. The van der Waals surface area contributed by atoms with Crippen LogP contribution in [0.3, 0.4) is 0 Å². The molecule has 1 amide bonds. The highest BCUT2D eigenvalue weighted by Gasteiger charge is 2.14. The van der Waals surface area contributed by atoms with Crippen molar-refractivity contribution >= 4 is 17.4 Å². The third-order valence-corrected chi connectivity index (χ3v) is 3.65. The van der Waals surface area contributed by atoms with Crippen molar-refractivity contribution in [2.75, 3.05) is 7.11 Å². The van der Waals surface area contributed by atoms with E-state index in [1.807, 2.05) is 31.2 Å². The van der Waals surface area contributed by atoms with Gasteiger partial charge in [0.2, 0.25) is 0 Å². The number of methoxy groups -OCH3 is 1. The standard InChI is InChI=1S/C14H17N3O2S/c1-3-12-13(20-17-16-12)14(18)15-8-10-4-6-11(7-5-10)9-19-2/h4-7H,3,8-9H2,1-2H3,(H,15,18). The second kappa shape index (κ2) is 7.12. The lowest BCUT2D eigenvalue weighted by molar-refractivity contribution is 0.0954. The summed E-state index contributed by atoms with van der Waals surface area (Å²) >= 11 is 1.14. The van der Waals surface area contributed by atoms with Gasteiger partial charge in [0.15, 0.2) is 0 Å². The van der Waals surface area contributed by atoms with Crippen molar-refractivity contribution in [3.63, 3.8) is 0 Å². The number of ether oxygens (including phenoxy) is 1. The van der Waals surface area contributed by atoms with E-state index in [-0.39, 0.29) is 5.91 Å². The number of aryl methyl sites for hydroxylation is 1. The molecule has 1 heterocycles. The maximum absolute atomic E-state index is 12.0. The Balaban J connectivity index is 1.93. The van der Waals surface area contributed by atoms with Crippen LogP contribution in [0.15, 0.2) is 24.3 Å². The number of carbonyl (C=O) groups excluding carboxylic acids is 1. The number of hydrogen-bond donors (Lipinski definition) is 1. The first kappa shape index (κ1) is 14.6. The predicted molar refractivity (Wildman–Crippen MR) is 77.6 cm³/mol. The Morgan fingerprint density at radius 3 is 2.65 bits per heavy atom. The van der Waals surface area contributed by atoms with Crippen LogP contribution in [-0.2, 0) is 24.3 Å². The van der Waals surface area contributed by atoms with Crippen LogP contribution >= 0.6 is 11.5 Å². The first-order valence-corrected chi connectivity index (χ1v) is 7.18. The zero-order valence-electron chi connectivity index (χ0n) is 11.5. The summed E-state index contributed by atoms with van der Waals surface area (Å²) in [6.45, 7) is 3.05. The second-order valence-corrected chi connectivity index (χ2v) is 5.09. The molecule has 0 fully saturated rings. The van der Waals surface area contributed by atoms with Crippen molar-refractivity contribution in [3.05, 3.63) is 46.0 Å². The summed E-state index contributed by atoms with van der Waals surface area (Å²) in [5.41, 5.74) is 2.92. The average molecular weight is 291 g/mol. The van der Waals surface area contributed by atoms with Crippen molar-refractivity contribution in [2.24, 2.45) is 0 Å². The molecule has 0 saturated carbocycles. The molecule has 0 spiro atoms. The van der Waals surface area contributed by atoms with Crippen molar-refractivity contribution in [2.45, 2.75) is 26.5 Å². The lowest BCUT2D eigenvalue weighted by atomic mass is 10.1. The van der Waals surface area contributed by atoms with Crippen LogP contribution in [0.2, 0.25) is 0 Å². The van der Waals surface area contributed by atoms with Crippen LogP contribution in [-0.4, -0.2) is 22.6 Å². The minimum absolute atomic E-state index is 0.113. The molecular weight excluding hydrogens is 274 g/mol. The van der Waals surface area contributed by atoms with Crippen LogP contribution in [0.25, 0.3) is 0 Å². The average Bonchev–Trinajstić information content (AvgIpc) is 2.95. The van der Waals surface area contributed by atoms with E-state index in [2.05, 4.69) is 14.9 Å². The maximum Gasteiger partial charge on any atom is 0.265 e. The molecule has 106 valence electrons. The number of rotatable bonds is 6. The molecule has 1 aromatic heterocycles. The third kappa shape index (κ3) is 3.61. The van der Waals surface area contributed by atoms with Crippen LogP contribution in [0, 0.1) is 0 Å². The predicted octanol–water partition coefficient (Wildman–Crippen LogP) is 2.18. The van der Waals surface area contributed by atoms with E-state index in [9.17, 15) is 4.79 Å². The molecule has 0 aliphatic heterocycles. The molecule has 1 aromatic carbocycles. The molecule has 0 saturated heterocycles. The summed E-state index contributed by atoms with van der Waals surface area (Å²) in [7, 11) is 1.67. The maximum atomic E-state index is 12.0. The summed E-state index contributed by atoms with van der Waals surface area (Å²) < 4.78 is 8.88. The Morgan fingerprint density at radius 2 is 2.00 bits per heavy atom. The number of carbonyl (C=O) groups is 1. The molecule has 5 nitrogen and oxygen atoms in total. The van der Waals surface area contributed by atoms with Gasteiger partial charge in [-0.2, -0.15) is 0 Å². The highest BCUT2D eigenvalue weighted by Crippen LogP contribution is 2.11. The van der Waals surface area contributed by atoms with Gasteiger partial charge in [-0.05, 0) is 29.1 Å². The summed E-state index contributed by atoms with van der Waals surface area (Å²) in [4.78, 5) is 12.6. The van der Waals surface area contributed by atoms with Crippen molar-refractivity contribution in [1.82, 2.24) is 14.9 Å². The highest BCUT2D eigenvalue weighted by molar-refractivity contribution is 7.08. The van der Waals surface area contributed by atoms with E-state index in [0.29, 0.717) is 24.4 Å². The van der Waals surface area contributed by atoms with Crippen LogP contribution in [0.5, 0.6) is 0 Å². The van der Waals surface area contributed by atoms with Crippen LogP contribution in [0.1, 0.15) is 33.4 Å². The highest BCUT2D eigenvalue weighted by atomic mass is 32.1. The Bertz CT molecular complexity index is 566. The lowest BCUT2D eigenvalue weighted by Crippen LogP contribution is -2.22. The molecule has 0 aliphatic carbocycles. The van der Waals surface area contributed by atoms with Crippen molar-refractivity contribution < 1.29 is 9.53 Å². The number of nitrogens with zero attached hydrogens (tertiary/aromatic N) is 2. The van der Waals surface area contributed by atoms with Crippen molar-refractivity contribution in [3.8, 4) is 0 Å². The van der Waals surface area contributed by atoms with Gasteiger partial charge in [-0.1, -0.05) is 35.7 Å². The monoisotopic (exact) mass is 291 g/mol. The molecule has 2 rings (SSSR count). The van der Waals surface area contributed by atoms with Gasteiger partial charge in [0.05, 0.1) is 12.3 Å². The Labute approximate surface area is 122 Å². The van der Waals surface area contributed by atoms with Gasteiger partial charge in [0.1, 0.15) is 4.88 Å². The van der Waals surface area contributed by atoms with Crippen LogP contribution < -0.4 is 5.32 Å². The lowest BCUT2D eigenvalue weighted by Gasteiger charge is -2.05. The van der Waals surface area contributed by atoms with Gasteiger partial charge in [-0.25, -0.2) is 0 Å². The van der Waals surface area contributed by atoms with Gasteiger partial charge in [-0.3, -0.25) is 4.79 Å². The molecule has 6 heteroatoms. The second-order valence-electron chi connectivity index (χ2n) is 4.33. The number of amides is 1. The van der Waals surface area contributed by atoms with Crippen LogP contribution in [0.4, 0.5) is 0 Å². The first-order chi connectivity index (χ1) is 9.74. The SMILES string of the molecule is CCc1nnsc1C(=O)NCc1ccc(COC)cc1. The van der Waals surface area contributed by atoms with Crippen molar-refractivity contribution in [1.29, 1.82) is 0 Å². The zero-order valence-corrected chi connectivity index (χ0v) is 12.4. The van der Waals surface area contributed by atoms with E-state index in [1.165, 1.54) is 0 Å². The fourth-order valence-corrected chi connectivity index (χ4v) is 2.46. The quantitative estimate of drug-likeness (QED) is 0.886. The Kier molecular flexibility index (Phi) is 5.20. The molecule has 0 atom stereocenters. The summed E-state index contributed by atoms with van der Waals surface area (Å²) in [5, 5.41) is 6.82. The smallest absolute Gasteiger partial charge is 0.265 e. The van der Waals surface area contributed by atoms with E-state index >= 15 is 0 Å². The zero-order chi connectivity index (χ0) is 14.4. The normalized spacial score (nSPS) is 10.5. The molecule has 0 radical (unpaired) electrons. The molecular formula is C14H17N3O2S. The topological polar surface area (TPSA) is 64.1 Å². The fraction of sp³-hybridized carbons (Fsp3) is 0.357. The summed E-state index contributed by atoms with van der Waals surface area (Å²) in [5.74, 6) is -0.113. The Hall–Kier alpha value is -1.79. The number of nitrogens with one attached hydrogen (secondary N) is 1. The molecule has 2 aromatic rings. The largest absolute Gasteiger partial charge is 0.380 e.